The molecular formula is C30H34FN5O4. The number of amides is 4. The van der Waals surface area contributed by atoms with Gasteiger partial charge in [0.05, 0.1) is 0 Å². The molecule has 0 atom stereocenters. The first-order valence-corrected chi connectivity index (χ1v) is 13.1. The van der Waals surface area contributed by atoms with E-state index >= 15 is 0 Å². The van der Waals surface area contributed by atoms with Crippen molar-refractivity contribution in [3.8, 4) is 0 Å². The summed E-state index contributed by atoms with van der Waals surface area (Å²) in [5.41, 5.74) is 4.21. The summed E-state index contributed by atoms with van der Waals surface area (Å²) in [5.74, 6) is -1.07. The maximum atomic E-state index is 13.3. The molecule has 1 saturated heterocycles. The number of nitrogens with one attached hydrogen (secondary N) is 2. The number of benzene rings is 3. The van der Waals surface area contributed by atoms with Crippen LogP contribution in [-0.4, -0.2) is 74.1 Å². The van der Waals surface area contributed by atoms with Crippen molar-refractivity contribution < 1.29 is 23.5 Å². The second-order valence-corrected chi connectivity index (χ2v) is 9.67. The summed E-state index contributed by atoms with van der Waals surface area (Å²) >= 11 is 0. The Bertz CT molecular complexity index is 1290. The number of aryl methyl sites for hydroxylation is 1. The average molecular weight is 548 g/mol. The van der Waals surface area contributed by atoms with Crippen LogP contribution in [0.5, 0.6) is 0 Å². The fraction of sp³-hybridized carbons (Fsp3) is 0.300. The highest BCUT2D eigenvalue weighted by Gasteiger charge is 2.22. The van der Waals surface area contributed by atoms with Crippen LogP contribution in [0.15, 0.2) is 72.8 Å². The first-order valence-electron chi connectivity index (χ1n) is 13.1. The number of piperazine rings is 1. The van der Waals surface area contributed by atoms with Crippen molar-refractivity contribution in [2.75, 3.05) is 62.0 Å². The second kappa shape index (κ2) is 13.6. The van der Waals surface area contributed by atoms with Gasteiger partial charge in [0.1, 0.15) is 19.0 Å². The summed E-state index contributed by atoms with van der Waals surface area (Å²) in [6, 6.07) is 20.9. The number of hydrogen-bond donors (Lipinski definition) is 2. The van der Waals surface area contributed by atoms with E-state index in [9.17, 15) is 18.8 Å². The van der Waals surface area contributed by atoms with Crippen molar-refractivity contribution in [2.45, 2.75) is 13.5 Å². The van der Waals surface area contributed by atoms with Crippen molar-refractivity contribution in [3.63, 3.8) is 0 Å². The molecule has 0 saturated carbocycles. The van der Waals surface area contributed by atoms with Gasteiger partial charge < -0.3 is 30.1 Å². The SMILES string of the molecule is COCC(=O)N(CC(=O)Nc1ccc(N2CCN(C(=O)Nc3ccc(C)cc3)CC2)cc1)Cc1ccc(F)cc1. The Morgan fingerprint density at radius 3 is 2.08 bits per heavy atom. The Morgan fingerprint density at radius 2 is 1.45 bits per heavy atom. The highest BCUT2D eigenvalue weighted by molar-refractivity contribution is 5.95. The van der Waals surface area contributed by atoms with Crippen LogP contribution in [0.25, 0.3) is 0 Å². The van der Waals surface area contributed by atoms with Crippen LogP contribution in [0.4, 0.5) is 26.2 Å². The summed E-state index contributed by atoms with van der Waals surface area (Å²) < 4.78 is 18.2. The smallest absolute Gasteiger partial charge is 0.321 e. The lowest BCUT2D eigenvalue weighted by Crippen LogP contribution is -2.50. The standard InChI is InChI=1S/C30H34FN5O4/c1-22-3-9-26(10-4-22)33-30(39)35-17-15-34(16-18-35)27-13-11-25(12-14-27)32-28(37)20-36(29(38)21-40-2)19-23-5-7-24(31)8-6-23/h3-14H,15-21H2,1-2H3,(H,32,37)(H,33,39). The van der Waals surface area contributed by atoms with Gasteiger partial charge in [-0.3, -0.25) is 9.59 Å². The molecule has 4 rings (SSSR count). The zero-order valence-corrected chi connectivity index (χ0v) is 22.7. The topological polar surface area (TPSA) is 94.2 Å². The molecule has 10 heteroatoms. The minimum Gasteiger partial charge on any atom is -0.375 e. The normalized spacial score (nSPS) is 13.1. The van der Waals surface area contributed by atoms with Crippen molar-refractivity contribution in [1.82, 2.24) is 9.80 Å². The van der Waals surface area contributed by atoms with E-state index in [1.54, 1.807) is 17.0 Å². The summed E-state index contributed by atoms with van der Waals surface area (Å²) in [6.45, 7) is 4.39. The summed E-state index contributed by atoms with van der Waals surface area (Å²) in [6.07, 6.45) is 0. The molecular weight excluding hydrogens is 513 g/mol. The third-order valence-corrected chi connectivity index (χ3v) is 6.63. The number of halogens is 1. The van der Waals surface area contributed by atoms with E-state index in [0.717, 1.165) is 16.9 Å². The molecule has 1 heterocycles. The quantitative estimate of drug-likeness (QED) is 0.421. The van der Waals surface area contributed by atoms with Gasteiger partial charge in [0.2, 0.25) is 11.8 Å². The molecule has 9 nitrogen and oxygen atoms in total. The number of nitrogens with zero attached hydrogens (tertiary/aromatic N) is 3. The van der Waals surface area contributed by atoms with Crippen LogP contribution in [0, 0.1) is 12.7 Å². The predicted octanol–water partition coefficient (Wildman–Crippen LogP) is 4.10. The van der Waals surface area contributed by atoms with Crippen LogP contribution < -0.4 is 15.5 Å². The highest BCUT2D eigenvalue weighted by atomic mass is 19.1. The lowest BCUT2D eigenvalue weighted by Gasteiger charge is -2.36. The number of rotatable bonds is 9. The van der Waals surface area contributed by atoms with Crippen LogP contribution in [0.1, 0.15) is 11.1 Å². The third-order valence-electron chi connectivity index (χ3n) is 6.63. The molecule has 1 fully saturated rings. The van der Waals surface area contributed by atoms with Gasteiger partial charge in [0.15, 0.2) is 0 Å². The summed E-state index contributed by atoms with van der Waals surface area (Å²) in [4.78, 5) is 43.2. The van der Waals surface area contributed by atoms with Crippen LogP contribution >= 0.6 is 0 Å². The van der Waals surface area contributed by atoms with E-state index in [2.05, 4.69) is 15.5 Å². The molecule has 0 bridgehead atoms. The van der Waals surface area contributed by atoms with Crippen molar-refractivity contribution in [3.05, 3.63) is 89.7 Å². The maximum absolute atomic E-state index is 13.3. The molecule has 40 heavy (non-hydrogen) atoms. The number of methoxy groups -OCH3 is 1. The van der Waals surface area contributed by atoms with E-state index in [0.29, 0.717) is 37.4 Å². The van der Waals surface area contributed by atoms with E-state index in [1.165, 1.54) is 24.1 Å². The number of anilines is 3. The molecule has 1 aliphatic heterocycles. The summed E-state index contributed by atoms with van der Waals surface area (Å²) in [7, 11) is 1.41. The zero-order chi connectivity index (χ0) is 28.5. The van der Waals surface area contributed by atoms with Crippen molar-refractivity contribution in [2.24, 2.45) is 0 Å². The Balaban J connectivity index is 1.27. The molecule has 1 aliphatic rings. The molecule has 3 aromatic rings. The van der Waals surface area contributed by atoms with Gasteiger partial charge in [0.25, 0.3) is 0 Å². The number of hydrogen-bond acceptors (Lipinski definition) is 5. The summed E-state index contributed by atoms with van der Waals surface area (Å²) in [5, 5.41) is 5.77. The van der Waals surface area contributed by atoms with Gasteiger partial charge >= 0.3 is 6.03 Å². The van der Waals surface area contributed by atoms with E-state index in [-0.39, 0.29) is 43.4 Å². The van der Waals surface area contributed by atoms with Gasteiger partial charge in [0, 0.05) is 56.9 Å². The number of carbonyl (C=O) groups is 3. The molecule has 0 aromatic heterocycles. The molecule has 0 radical (unpaired) electrons. The van der Waals surface area contributed by atoms with Crippen LogP contribution in [0.3, 0.4) is 0 Å². The first-order chi connectivity index (χ1) is 19.3. The monoisotopic (exact) mass is 547 g/mol. The first kappa shape index (κ1) is 28.6. The zero-order valence-electron chi connectivity index (χ0n) is 22.7. The minimum absolute atomic E-state index is 0.112. The number of urea groups is 1. The molecule has 0 spiro atoms. The van der Waals surface area contributed by atoms with Gasteiger partial charge in [-0.25, -0.2) is 9.18 Å². The number of carbonyl (C=O) groups excluding carboxylic acids is 3. The van der Waals surface area contributed by atoms with E-state index in [4.69, 9.17) is 4.74 Å². The van der Waals surface area contributed by atoms with Crippen LogP contribution in [0.2, 0.25) is 0 Å². The molecule has 0 aliphatic carbocycles. The Kier molecular flexibility index (Phi) is 9.69. The molecule has 210 valence electrons. The van der Waals surface area contributed by atoms with Crippen molar-refractivity contribution >= 4 is 34.9 Å². The van der Waals surface area contributed by atoms with Gasteiger partial charge in [-0.05, 0) is 61.0 Å². The lowest BCUT2D eigenvalue weighted by atomic mass is 10.2. The largest absolute Gasteiger partial charge is 0.375 e. The molecule has 3 aromatic carbocycles. The second-order valence-electron chi connectivity index (χ2n) is 9.67. The van der Waals surface area contributed by atoms with Crippen LogP contribution in [-0.2, 0) is 20.9 Å². The van der Waals surface area contributed by atoms with E-state index < -0.39 is 0 Å². The Hall–Kier alpha value is -4.44. The average Bonchev–Trinajstić information content (AvgIpc) is 2.95. The Morgan fingerprint density at radius 1 is 0.850 bits per heavy atom. The lowest BCUT2D eigenvalue weighted by molar-refractivity contribution is -0.138. The Labute approximate surface area is 233 Å². The van der Waals surface area contributed by atoms with Gasteiger partial charge in [-0.2, -0.15) is 0 Å². The molecule has 2 N–H and O–H groups in total. The predicted molar refractivity (Wildman–Crippen MR) is 153 cm³/mol. The molecule has 0 unspecified atom stereocenters. The van der Waals surface area contributed by atoms with E-state index in [1.807, 2.05) is 55.5 Å². The fourth-order valence-corrected chi connectivity index (χ4v) is 4.39. The number of ether oxygens (including phenoxy) is 1. The fourth-order valence-electron chi connectivity index (χ4n) is 4.39. The minimum atomic E-state index is -0.370. The van der Waals surface area contributed by atoms with Gasteiger partial charge in [-0.15, -0.1) is 0 Å². The van der Waals surface area contributed by atoms with Crippen molar-refractivity contribution in [1.29, 1.82) is 0 Å². The maximum Gasteiger partial charge on any atom is 0.321 e. The third kappa shape index (κ3) is 8.03. The molecule has 4 amide bonds. The van der Waals surface area contributed by atoms with Gasteiger partial charge in [-0.1, -0.05) is 29.8 Å². The highest BCUT2D eigenvalue weighted by Crippen LogP contribution is 2.20.